The zero-order valence-corrected chi connectivity index (χ0v) is 32.4. The van der Waals surface area contributed by atoms with Gasteiger partial charge in [0.15, 0.2) is 0 Å². The predicted molar refractivity (Wildman–Crippen MR) is 246 cm³/mol. The number of thiophene rings is 2. The summed E-state index contributed by atoms with van der Waals surface area (Å²) in [6, 6.07) is 66.8. The highest BCUT2D eigenvalue weighted by Gasteiger charge is 2.18. The molecule has 0 aliphatic heterocycles. The van der Waals surface area contributed by atoms with Gasteiger partial charge < -0.3 is 4.90 Å². The molecule has 56 heavy (non-hydrogen) atoms. The second-order valence-electron chi connectivity index (χ2n) is 14.3. The van der Waals surface area contributed by atoms with Crippen LogP contribution in [0.15, 0.2) is 182 Å². The molecule has 262 valence electrons. The van der Waals surface area contributed by atoms with Crippen molar-refractivity contribution >= 4 is 123 Å². The van der Waals surface area contributed by atoms with E-state index in [0.717, 1.165) is 33.1 Å². The number of anilines is 3. The predicted octanol–water partition coefficient (Wildman–Crippen LogP) is 16.1. The largest absolute Gasteiger partial charge is 0.310 e. The Bertz CT molecular complexity index is 3290. The van der Waals surface area contributed by atoms with Crippen molar-refractivity contribution < 1.29 is 0 Å². The number of hydrogen-bond acceptors (Lipinski definition) is 5. The van der Waals surface area contributed by atoms with Crippen molar-refractivity contribution in [2.24, 2.45) is 0 Å². The number of rotatable bonds is 5. The van der Waals surface area contributed by atoms with Crippen LogP contribution in [0.5, 0.6) is 0 Å². The standard InChI is InChI=1S/C51H30N2S3/c1-4-10-46-39(7-1)41-27-21-33-19-25-37(29-43(33)49(41)54-46)53(38-26-20-34-22-28-42-40-8-2-5-11-47(40)55-50(42)44(34)30-38)36-23-17-32(18-24-36)31-13-15-35(16-14-31)51-52-45-9-3-6-12-48(45)56-51/h1-30H. The first-order chi connectivity index (χ1) is 27.7. The van der Waals surface area contributed by atoms with Crippen LogP contribution in [0.3, 0.4) is 0 Å². The fourth-order valence-corrected chi connectivity index (χ4v) is 11.7. The summed E-state index contributed by atoms with van der Waals surface area (Å²) >= 11 is 5.52. The molecule has 0 atom stereocenters. The van der Waals surface area contributed by atoms with Crippen molar-refractivity contribution in [1.29, 1.82) is 0 Å². The molecule has 0 spiro atoms. The van der Waals surface area contributed by atoms with Gasteiger partial charge >= 0.3 is 0 Å². The topological polar surface area (TPSA) is 16.1 Å². The van der Waals surface area contributed by atoms with E-state index >= 15 is 0 Å². The minimum absolute atomic E-state index is 1.05. The average molecular weight is 767 g/mol. The van der Waals surface area contributed by atoms with Gasteiger partial charge in [-0.3, -0.25) is 0 Å². The summed E-state index contributed by atoms with van der Waals surface area (Å²) in [6.45, 7) is 0. The van der Waals surface area contributed by atoms with Crippen molar-refractivity contribution in [2.75, 3.05) is 4.90 Å². The maximum Gasteiger partial charge on any atom is 0.124 e. The molecule has 0 unspecified atom stereocenters. The molecule has 0 aliphatic carbocycles. The molecule has 9 aromatic carbocycles. The van der Waals surface area contributed by atoms with Gasteiger partial charge in [0.25, 0.3) is 0 Å². The molecule has 3 heterocycles. The van der Waals surface area contributed by atoms with Crippen LogP contribution in [-0.4, -0.2) is 4.98 Å². The Morgan fingerprint density at radius 3 is 1.38 bits per heavy atom. The van der Waals surface area contributed by atoms with Crippen LogP contribution in [0.25, 0.3) is 93.8 Å². The van der Waals surface area contributed by atoms with Gasteiger partial charge in [-0.15, -0.1) is 34.0 Å². The lowest BCUT2D eigenvalue weighted by atomic mass is 10.0. The van der Waals surface area contributed by atoms with Crippen LogP contribution in [0.2, 0.25) is 0 Å². The Hall–Kier alpha value is -6.37. The van der Waals surface area contributed by atoms with Gasteiger partial charge in [-0.05, 0) is 82.6 Å². The highest BCUT2D eigenvalue weighted by atomic mass is 32.1. The van der Waals surface area contributed by atoms with Crippen LogP contribution in [0, 0.1) is 0 Å². The molecule has 2 nitrogen and oxygen atoms in total. The Morgan fingerprint density at radius 1 is 0.339 bits per heavy atom. The van der Waals surface area contributed by atoms with E-state index in [-0.39, 0.29) is 0 Å². The van der Waals surface area contributed by atoms with Crippen LogP contribution < -0.4 is 4.90 Å². The number of hydrogen-bond donors (Lipinski definition) is 0. The van der Waals surface area contributed by atoms with Crippen LogP contribution in [-0.2, 0) is 0 Å². The lowest BCUT2D eigenvalue weighted by Gasteiger charge is -2.26. The van der Waals surface area contributed by atoms with Crippen LogP contribution >= 0.6 is 34.0 Å². The van der Waals surface area contributed by atoms with Crippen LogP contribution in [0.1, 0.15) is 0 Å². The summed E-state index contributed by atoms with van der Waals surface area (Å²) in [5, 5.41) is 11.4. The van der Waals surface area contributed by atoms with E-state index in [2.05, 4.69) is 181 Å². The van der Waals surface area contributed by atoms with Crippen molar-refractivity contribution in [1.82, 2.24) is 4.98 Å². The maximum absolute atomic E-state index is 4.88. The summed E-state index contributed by atoms with van der Waals surface area (Å²) in [4.78, 5) is 7.31. The molecule has 12 aromatic rings. The van der Waals surface area contributed by atoms with Gasteiger partial charge in [0.1, 0.15) is 5.01 Å². The minimum atomic E-state index is 1.05. The highest BCUT2D eigenvalue weighted by Crippen LogP contribution is 2.45. The molecule has 0 saturated heterocycles. The third-order valence-electron chi connectivity index (χ3n) is 11.1. The van der Waals surface area contributed by atoms with E-state index in [9.17, 15) is 0 Å². The van der Waals surface area contributed by atoms with Crippen LogP contribution in [0.4, 0.5) is 17.1 Å². The lowest BCUT2D eigenvalue weighted by molar-refractivity contribution is 1.30. The molecule has 3 aromatic heterocycles. The van der Waals surface area contributed by atoms with E-state index < -0.39 is 0 Å². The molecule has 0 radical (unpaired) electrons. The Morgan fingerprint density at radius 2 is 0.804 bits per heavy atom. The van der Waals surface area contributed by atoms with E-state index in [1.165, 1.54) is 77.7 Å². The molecule has 0 fully saturated rings. The van der Waals surface area contributed by atoms with E-state index in [4.69, 9.17) is 4.98 Å². The summed E-state index contributed by atoms with van der Waals surface area (Å²) in [5.74, 6) is 0. The van der Waals surface area contributed by atoms with Crippen molar-refractivity contribution in [3.05, 3.63) is 182 Å². The van der Waals surface area contributed by atoms with Crippen molar-refractivity contribution in [2.45, 2.75) is 0 Å². The monoisotopic (exact) mass is 766 g/mol. The zero-order chi connectivity index (χ0) is 36.7. The summed E-state index contributed by atoms with van der Waals surface area (Å²) < 4.78 is 6.53. The van der Waals surface area contributed by atoms with Crippen molar-refractivity contribution in [3.63, 3.8) is 0 Å². The first kappa shape index (κ1) is 31.9. The molecule has 0 N–H and O–H groups in total. The Kier molecular flexibility index (Phi) is 7.18. The summed E-state index contributed by atoms with van der Waals surface area (Å²) in [5.41, 5.74) is 7.95. The zero-order valence-electron chi connectivity index (χ0n) is 29.9. The van der Waals surface area contributed by atoms with Crippen molar-refractivity contribution in [3.8, 4) is 21.7 Å². The van der Waals surface area contributed by atoms with Gasteiger partial charge in [-0.1, -0.05) is 121 Å². The second kappa shape index (κ2) is 12.6. The Balaban J connectivity index is 0.999. The lowest BCUT2D eigenvalue weighted by Crippen LogP contribution is -2.10. The third-order valence-corrected chi connectivity index (χ3v) is 14.6. The summed E-state index contributed by atoms with van der Waals surface area (Å²) in [6.07, 6.45) is 0. The van der Waals surface area contributed by atoms with E-state index in [0.29, 0.717) is 0 Å². The smallest absolute Gasteiger partial charge is 0.124 e. The number of thiazole rings is 1. The van der Waals surface area contributed by atoms with Gasteiger partial charge in [-0.2, -0.15) is 0 Å². The quantitative estimate of drug-likeness (QED) is 0.173. The third kappa shape index (κ3) is 5.09. The molecule has 5 heteroatoms. The normalized spacial score (nSPS) is 11.9. The van der Waals surface area contributed by atoms with E-state index in [1.54, 1.807) is 11.3 Å². The number of para-hydroxylation sites is 1. The molecular formula is C51H30N2S3. The molecule has 0 bridgehead atoms. The summed E-state index contributed by atoms with van der Waals surface area (Å²) in [7, 11) is 0. The molecule has 0 amide bonds. The van der Waals surface area contributed by atoms with E-state index in [1.807, 2.05) is 28.7 Å². The minimum Gasteiger partial charge on any atom is -0.310 e. The number of fused-ring (bicyclic) bond motifs is 11. The number of nitrogens with zero attached hydrogens (tertiary/aromatic N) is 2. The number of benzene rings is 9. The second-order valence-corrected chi connectivity index (χ2v) is 17.5. The van der Waals surface area contributed by atoms with Gasteiger partial charge in [0.05, 0.1) is 10.2 Å². The fraction of sp³-hybridized carbons (Fsp3) is 0. The molecule has 0 aliphatic rings. The fourth-order valence-electron chi connectivity index (χ4n) is 8.31. The Labute approximate surface area is 334 Å². The molecule has 0 saturated carbocycles. The SMILES string of the molecule is c1ccc2sc(-c3ccc(-c4ccc(N(c5ccc6ccc7c8ccccc8sc7c6c5)c5ccc6ccc7c8ccccc8sc7c6c5)cc4)cc3)nc2c1. The molecule has 12 rings (SSSR count). The van der Waals surface area contributed by atoms with Gasteiger partial charge in [0.2, 0.25) is 0 Å². The first-order valence-electron chi connectivity index (χ1n) is 18.8. The first-order valence-corrected chi connectivity index (χ1v) is 21.2. The highest BCUT2D eigenvalue weighted by molar-refractivity contribution is 7.27. The molecular weight excluding hydrogens is 737 g/mol. The average Bonchev–Trinajstić information content (AvgIpc) is 3.98. The van der Waals surface area contributed by atoms with Gasteiger partial charge in [0, 0.05) is 73.7 Å². The number of aromatic nitrogens is 1. The maximum atomic E-state index is 4.88. The van der Waals surface area contributed by atoms with Gasteiger partial charge in [-0.25, -0.2) is 4.98 Å².